The molecule has 1 fully saturated rings. The monoisotopic (exact) mass is 236 g/mol. The minimum atomic E-state index is 0.319. The lowest BCUT2D eigenvalue weighted by atomic mass is 9.77. The van der Waals surface area contributed by atoms with E-state index < -0.39 is 0 Å². The lowest BCUT2D eigenvalue weighted by Crippen LogP contribution is -2.13. The summed E-state index contributed by atoms with van der Waals surface area (Å²) in [6.07, 6.45) is 6.89. The molecule has 1 unspecified atom stereocenters. The molecule has 0 nitrogen and oxygen atoms in total. The Morgan fingerprint density at radius 1 is 1.28 bits per heavy atom. The summed E-state index contributed by atoms with van der Waals surface area (Å²) >= 11 is 0. The van der Waals surface area contributed by atoms with Crippen molar-refractivity contribution in [3.05, 3.63) is 65.8 Å². The van der Waals surface area contributed by atoms with Crippen LogP contribution in [0.2, 0.25) is 0 Å². The summed E-state index contributed by atoms with van der Waals surface area (Å²) in [6.45, 7) is 8.80. The van der Waals surface area contributed by atoms with Gasteiger partial charge in [-0.25, -0.2) is 0 Å². The zero-order valence-corrected chi connectivity index (χ0v) is 11.2. The van der Waals surface area contributed by atoms with Crippen molar-refractivity contribution in [3.63, 3.8) is 0 Å². The van der Waals surface area contributed by atoms with Gasteiger partial charge < -0.3 is 0 Å². The number of hydrogen-bond donors (Lipinski definition) is 0. The van der Waals surface area contributed by atoms with Crippen LogP contribution in [0.1, 0.15) is 32.3 Å². The fourth-order valence-electron chi connectivity index (χ4n) is 3.75. The van der Waals surface area contributed by atoms with Crippen molar-refractivity contribution in [1.82, 2.24) is 0 Å². The summed E-state index contributed by atoms with van der Waals surface area (Å²) in [5.41, 5.74) is 6.17. The highest BCUT2D eigenvalue weighted by Crippen LogP contribution is 2.62. The predicted octanol–water partition coefficient (Wildman–Crippen LogP) is 5.00. The molecule has 1 saturated carbocycles. The standard InChI is InChI=1S/C18H20/c1-4-8-16-17(14-9-6-5-7-10-14)15-12-18(16,3)11-13(15)2/h4-10,15H,2,11-12H2,1,3H3/t15?,18-/m1/s1. The molecule has 92 valence electrons. The summed E-state index contributed by atoms with van der Waals surface area (Å²) in [6, 6.07) is 10.8. The van der Waals surface area contributed by atoms with E-state index in [1.807, 2.05) is 0 Å². The molecule has 1 aromatic rings. The predicted molar refractivity (Wildman–Crippen MR) is 78.1 cm³/mol. The first-order valence-corrected chi connectivity index (χ1v) is 6.76. The molecule has 0 spiro atoms. The van der Waals surface area contributed by atoms with Gasteiger partial charge in [-0.2, -0.15) is 0 Å². The molecular formula is C18H20. The summed E-state index contributed by atoms with van der Waals surface area (Å²) in [7, 11) is 0. The number of benzene rings is 1. The maximum Gasteiger partial charge on any atom is 0.00631 e. The highest BCUT2D eigenvalue weighted by atomic mass is 14.5. The van der Waals surface area contributed by atoms with E-state index in [1.165, 1.54) is 28.7 Å². The summed E-state index contributed by atoms with van der Waals surface area (Å²) < 4.78 is 0. The molecule has 2 aliphatic rings. The van der Waals surface area contributed by atoms with Gasteiger partial charge in [-0.05, 0) is 41.9 Å². The molecule has 0 amide bonds. The smallest absolute Gasteiger partial charge is 0.00631 e. The number of rotatable bonds is 2. The van der Waals surface area contributed by atoms with Crippen LogP contribution in [0.15, 0.2) is 60.2 Å². The molecule has 0 aromatic heterocycles. The van der Waals surface area contributed by atoms with Crippen molar-refractivity contribution in [2.45, 2.75) is 26.7 Å². The minimum absolute atomic E-state index is 0.319. The van der Waals surface area contributed by atoms with E-state index in [1.54, 1.807) is 0 Å². The van der Waals surface area contributed by atoms with Gasteiger partial charge in [0.25, 0.3) is 0 Å². The van der Waals surface area contributed by atoms with Gasteiger partial charge in [0.15, 0.2) is 0 Å². The van der Waals surface area contributed by atoms with Gasteiger partial charge in [-0.3, -0.25) is 0 Å². The molecule has 0 radical (unpaired) electrons. The van der Waals surface area contributed by atoms with Crippen LogP contribution in [0, 0.1) is 11.3 Å². The Morgan fingerprint density at radius 3 is 2.67 bits per heavy atom. The zero-order valence-electron chi connectivity index (χ0n) is 11.2. The van der Waals surface area contributed by atoms with Crippen LogP contribution in [-0.2, 0) is 0 Å². The van der Waals surface area contributed by atoms with Gasteiger partial charge in [0, 0.05) is 5.92 Å². The highest BCUT2D eigenvalue weighted by Gasteiger charge is 2.48. The van der Waals surface area contributed by atoms with Crippen LogP contribution in [0.5, 0.6) is 0 Å². The first-order chi connectivity index (χ1) is 8.65. The molecule has 18 heavy (non-hydrogen) atoms. The van der Waals surface area contributed by atoms with Crippen molar-refractivity contribution in [2.24, 2.45) is 11.3 Å². The molecule has 3 rings (SSSR count). The van der Waals surface area contributed by atoms with Crippen LogP contribution >= 0.6 is 0 Å². The molecule has 2 atom stereocenters. The Kier molecular flexibility index (Phi) is 2.55. The van der Waals surface area contributed by atoms with Crippen molar-refractivity contribution in [3.8, 4) is 0 Å². The van der Waals surface area contributed by atoms with Gasteiger partial charge in [-0.15, -0.1) is 0 Å². The van der Waals surface area contributed by atoms with Crippen LogP contribution in [-0.4, -0.2) is 0 Å². The van der Waals surface area contributed by atoms with Crippen molar-refractivity contribution >= 4 is 5.57 Å². The summed E-state index contributed by atoms with van der Waals surface area (Å²) in [4.78, 5) is 0. The molecule has 2 aliphatic carbocycles. The third-order valence-corrected chi connectivity index (χ3v) is 4.47. The number of allylic oxidation sites excluding steroid dienone is 5. The average molecular weight is 236 g/mol. The molecule has 1 aromatic carbocycles. The molecule has 0 saturated heterocycles. The van der Waals surface area contributed by atoms with Crippen molar-refractivity contribution < 1.29 is 0 Å². The summed E-state index contributed by atoms with van der Waals surface area (Å²) in [5, 5.41) is 0. The Hall–Kier alpha value is -1.56. The second-order valence-electron chi connectivity index (χ2n) is 5.85. The molecular weight excluding hydrogens is 216 g/mol. The van der Waals surface area contributed by atoms with E-state index >= 15 is 0 Å². The maximum absolute atomic E-state index is 4.29. The first kappa shape index (κ1) is 11.5. The largest absolute Gasteiger partial charge is 0.0992 e. The Morgan fingerprint density at radius 2 is 2.00 bits per heavy atom. The molecule has 0 aliphatic heterocycles. The summed E-state index contributed by atoms with van der Waals surface area (Å²) in [5.74, 6) is 0.573. The van der Waals surface area contributed by atoms with Crippen LogP contribution in [0.4, 0.5) is 0 Å². The average Bonchev–Trinajstić information content (AvgIpc) is 2.81. The van der Waals surface area contributed by atoms with E-state index in [-0.39, 0.29) is 0 Å². The van der Waals surface area contributed by atoms with E-state index in [2.05, 4.69) is 62.9 Å². The Labute approximate surface area is 110 Å². The molecule has 0 N–H and O–H groups in total. The molecule has 2 bridgehead atoms. The van der Waals surface area contributed by atoms with Gasteiger partial charge in [-0.1, -0.05) is 61.6 Å². The number of fused-ring (bicyclic) bond motifs is 2. The van der Waals surface area contributed by atoms with Crippen LogP contribution < -0.4 is 0 Å². The van der Waals surface area contributed by atoms with E-state index in [0.29, 0.717) is 11.3 Å². The quantitative estimate of drug-likeness (QED) is 0.634. The topological polar surface area (TPSA) is 0 Å². The second kappa shape index (κ2) is 3.98. The van der Waals surface area contributed by atoms with Gasteiger partial charge in [0.2, 0.25) is 0 Å². The Balaban J connectivity index is 2.20. The first-order valence-electron chi connectivity index (χ1n) is 6.76. The van der Waals surface area contributed by atoms with Crippen molar-refractivity contribution in [1.29, 1.82) is 0 Å². The van der Waals surface area contributed by atoms with E-state index in [9.17, 15) is 0 Å². The normalized spacial score (nSPS) is 30.8. The lowest BCUT2D eigenvalue weighted by Gasteiger charge is -2.27. The van der Waals surface area contributed by atoms with E-state index in [0.717, 1.165) is 6.42 Å². The van der Waals surface area contributed by atoms with Gasteiger partial charge in [0.05, 0.1) is 0 Å². The molecule has 0 heteroatoms. The van der Waals surface area contributed by atoms with E-state index in [4.69, 9.17) is 0 Å². The SMILES string of the molecule is C=C1C[C@]2(C)CC1C(c1ccccc1)=C2C=CC. The number of hydrogen-bond acceptors (Lipinski definition) is 0. The molecule has 0 heterocycles. The fourth-order valence-corrected chi connectivity index (χ4v) is 3.75. The van der Waals surface area contributed by atoms with Crippen LogP contribution in [0.25, 0.3) is 5.57 Å². The highest BCUT2D eigenvalue weighted by molar-refractivity contribution is 5.80. The third kappa shape index (κ3) is 1.52. The minimum Gasteiger partial charge on any atom is -0.0992 e. The van der Waals surface area contributed by atoms with Crippen molar-refractivity contribution in [2.75, 3.05) is 0 Å². The Bertz CT molecular complexity index is 545. The zero-order chi connectivity index (χ0) is 12.8. The van der Waals surface area contributed by atoms with Crippen LogP contribution in [0.3, 0.4) is 0 Å². The van der Waals surface area contributed by atoms with Gasteiger partial charge >= 0.3 is 0 Å². The second-order valence-corrected chi connectivity index (χ2v) is 5.85. The maximum atomic E-state index is 4.29. The fraction of sp³-hybridized carbons (Fsp3) is 0.333. The van der Waals surface area contributed by atoms with Gasteiger partial charge in [0.1, 0.15) is 0 Å². The lowest BCUT2D eigenvalue weighted by molar-refractivity contribution is 0.442. The third-order valence-electron chi connectivity index (χ3n) is 4.47.